The van der Waals surface area contributed by atoms with Crippen LogP contribution in [0.4, 0.5) is 0 Å². The number of methoxy groups -OCH3 is 1. The van der Waals surface area contributed by atoms with Crippen molar-refractivity contribution < 1.29 is 9.84 Å². The highest BCUT2D eigenvalue weighted by Gasteiger charge is 2.23. The number of aromatic amines is 1. The number of nitrogens with one attached hydrogen (secondary N) is 1. The van der Waals surface area contributed by atoms with Crippen LogP contribution < -0.4 is 5.56 Å². The summed E-state index contributed by atoms with van der Waals surface area (Å²) in [5.41, 5.74) is 2.27. The second kappa shape index (κ2) is 10.0. The summed E-state index contributed by atoms with van der Waals surface area (Å²) in [7, 11) is 1.67. The zero-order valence-electron chi connectivity index (χ0n) is 18.3. The quantitative estimate of drug-likeness (QED) is 0.533. The van der Waals surface area contributed by atoms with E-state index in [-0.39, 0.29) is 5.56 Å². The monoisotopic (exact) mass is 441 g/mol. The van der Waals surface area contributed by atoms with E-state index in [1.165, 1.54) is 10.4 Å². The molecule has 0 amide bonds. The summed E-state index contributed by atoms with van der Waals surface area (Å²) in [6.07, 6.45) is 3.21. The van der Waals surface area contributed by atoms with Crippen LogP contribution in [0.5, 0.6) is 0 Å². The van der Waals surface area contributed by atoms with E-state index in [0.717, 1.165) is 35.0 Å². The van der Waals surface area contributed by atoms with Crippen molar-refractivity contribution in [2.45, 2.75) is 45.3 Å². The van der Waals surface area contributed by atoms with Gasteiger partial charge >= 0.3 is 0 Å². The number of aliphatic hydroxyl groups excluding tert-OH is 1. The number of rotatable bonds is 9. The first kappa shape index (κ1) is 22.1. The molecule has 4 rings (SSSR count). The second-order valence-electron chi connectivity index (χ2n) is 8.62. The molecule has 1 aromatic carbocycles. The molecule has 2 unspecified atom stereocenters. The summed E-state index contributed by atoms with van der Waals surface area (Å²) in [5, 5.41) is 11.4. The third-order valence-corrected chi connectivity index (χ3v) is 7.13. The van der Waals surface area contributed by atoms with Gasteiger partial charge in [-0.15, -0.1) is 11.3 Å². The van der Waals surface area contributed by atoms with Crippen molar-refractivity contribution in [1.29, 1.82) is 0 Å². The molecule has 2 N–H and O–H groups in total. The van der Waals surface area contributed by atoms with E-state index in [2.05, 4.69) is 16.8 Å². The smallest absolute Gasteiger partial charge is 0.259 e. The van der Waals surface area contributed by atoms with Gasteiger partial charge in [-0.1, -0.05) is 37.3 Å². The van der Waals surface area contributed by atoms with Crippen molar-refractivity contribution in [3.05, 3.63) is 62.5 Å². The molecule has 7 heteroatoms. The molecular formula is C24H31N3O3S. The molecule has 2 heterocycles. The fourth-order valence-corrected chi connectivity index (χ4v) is 5.79. The van der Waals surface area contributed by atoms with Gasteiger partial charge in [-0.2, -0.15) is 0 Å². The van der Waals surface area contributed by atoms with Crippen molar-refractivity contribution >= 4 is 21.6 Å². The predicted molar refractivity (Wildman–Crippen MR) is 125 cm³/mol. The Labute approximate surface area is 186 Å². The maximum Gasteiger partial charge on any atom is 0.259 e. The third-order valence-electron chi connectivity index (χ3n) is 5.98. The molecular weight excluding hydrogens is 410 g/mol. The van der Waals surface area contributed by atoms with Gasteiger partial charge in [-0.25, -0.2) is 4.98 Å². The van der Waals surface area contributed by atoms with Crippen LogP contribution in [0.2, 0.25) is 0 Å². The van der Waals surface area contributed by atoms with Gasteiger partial charge in [0.1, 0.15) is 10.7 Å². The number of thiophene rings is 1. The van der Waals surface area contributed by atoms with Crippen LogP contribution in [0.25, 0.3) is 10.2 Å². The van der Waals surface area contributed by atoms with Crippen LogP contribution in [-0.4, -0.2) is 52.9 Å². The van der Waals surface area contributed by atoms with E-state index in [1.54, 1.807) is 18.4 Å². The lowest BCUT2D eigenvalue weighted by Gasteiger charge is -2.24. The molecule has 0 saturated heterocycles. The van der Waals surface area contributed by atoms with E-state index >= 15 is 0 Å². The lowest BCUT2D eigenvalue weighted by Crippen LogP contribution is -2.36. The zero-order chi connectivity index (χ0) is 21.8. The highest BCUT2D eigenvalue weighted by Crippen LogP contribution is 2.35. The first-order chi connectivity index (χ1) is 15.0. The third kappa shape index (κ3) is 5.41. The van der Waals surface area contributed by atoms with Crippen molar-refractivity contribution in [3.8, 4) is 0 Å². The highest BCUT2D eigenvalue weighted by atomic mass is 32.1. The minimum absolute atomic E-state index is 0.0384. The summed E-state index contributed by atoms with van der Waals surface area (Å²) < 4.78 is 5.26. The summed E-state index contributed by atoms with van der Waals surface area (Å²) in [4.78, 5) is 25.0. The molecule has 0 bridgehead atoms. The molecule has 3 aromatic rings. The van der Waals surface area contributed by atoms with E-state index in [4.69, 9.17) is 9.72 Å². The van der Waals surface area contributed by atoms with Gasteiger partial charge in [-0.05, 0) is 42.7 Å². The number of nitrogens with zero attached hydrogens (tertiary/aromatic N) is 2. The Kier molecular flexibility index (Phi) is 7.17. The van der Waals surface area contributed by atoms with Gasteiger partial charge in [0.2, 0.25) is 0 Å². The summed E-state index contributed by atoms with van der Waals surface area (Å²) in [6, 6.07) is 9.98. The molecule has 0 saturated carbocycles. The van der Waals surface area contributed by atoms with Crippen LogP contribution in [0, 0.1) is 5.92 Å². The number of hydrogen-bond donors (Lipinski definition) is 2. The first-order valence-corrected chi connectivity index (χ1v) is 11.8. The number of fused-ring (bicyclic) bond motifs is 3. The Morgan fingerprint density at radius 1 is 1.35 bits per heavy atom. The van der Waals surface area contributed by atoms with Crippen molar-refractivity contribution in [1.82, 2.24) is 14.9 Å². The number of aromatic nitrogens is 2. The van der Waals surface area contributed by atoms with Gasteiger partial charge in [0.15, 0.2) is 0 Å². The fourth-order valence-electron chi connectivity index (χ4n) is 4.38. The Morgan fingerprint density at radius 2 is 2.16 bits per heavy atom. The van der Waals surface area contributed by atoms with Crippen LogP contribution in [0.15, 0.2) is 35.1 Å². The Bertz CT molecular complexity index is 1060. The molecule has 2 aromatic heterocycles. The highest BCUT2D eigenvalue weighted by molar-refractivity contribution is 7.18. The normalized spacial score (nSPS) is 17.2. The van der Waals surface area contributed by atoms with E-state index in [9.17, 15) is 9.90 Å². The van der Waals surface area contributed by atoms with Crippen LogP contribution in [0.3, 0.4) is 0 Å². The maximum absolute atomic E-state index is 12.9. The second-order valence-corrected chi connectivity index (χ2v) is 9.70. The number of benzene rings is 1. The van der Waals surface area contributed by atoms with Gasteiger partial charge in [0, 0.05) is 25.1 Å². The molecule has 166 valence electrons. The number of aliphatic hydroxyl groups is 1. The molecule has 1 aliphatic rings. The molecule has 6 nitrogen and oxygen atoms in total. The molecule has 0 spiro atoms. The molecule has 0 aliphatic heterocycles. The lowest BCUT2D eigenvalue weighted by atomic mass is 9.89. The van der Waals surface area contributed by atoms with Crippen molar-refractivity contribution in [3.63, 3.8) is 0 Å². The Balaban J connectivity index is 1.51. The fraction of sp³-hybridized carbons (Fsp3) is 0.500. The topological polar surface area (TPSA) is 78.5 Å². The minimum atomic E-state index is -0.509. The number of H-pyrrole nitrogens is 1. The van der Waals surface area contributed by atoms with Crippen molar-refractivity contribution in [2.24, 2.45) is 5.92 Å². The number of hydrogen-bond acceptors (Lipinski definition) is 6. The van der Waals surface area contributed by atoms with E-state index in [1.807, 2.05) is 30.3 Å². The van der Waals surface area contributed by atoms with Crippen LogP contribution >= 0.6 is 11.3 Å². The molecule has 31 heavy (non-hydrogen) atoms. The zero-order valence-corrected chi connectivity index (χ0v) is 19.1. The van der Waals surface area contributed by atoms with Gasteiger partial charge < -0.3 is 14.8 Å². The molecule has 2 atom stereocenters. The van der Waals surface area contributed by atoms with E-state index < -0.39 is 6.10 Å². The van der Waals surface area contributed by atoms with Crippen LogP contribution in [-0.2, 0) is 30.5 Å². The number of aryl methyl sites for hydroxylation is 1. The maximum atomic E-state index is 12.9. The van der Waals surface area contributed by atoms with Gasteiger partial charge in [-0.3, -0.25) is 9.69 Å². The summed E-state index contributed by atoms with van der Waals surface area (Å²) >= 11 is 1.67. The average Bonchev–Trinajstić information content (AvgIpc) is 3.10. The average molecular weight is 442 g/mol. The minimum Gasteiger partial charge on any atom is -0.391 e. The SMILES string of the molecule is COCCN(Cc1nc2sc3c(c2c(=O)[nH]1)CCC(C)C3)CC(O)Cc1ccccc1. The molecule has 0 fully saturated rings. The number of ether oxygens (including phenoxy) is 1. The van der Waals surface area contributed by atoms with Crippen molar-refractivity contribution in [2.75, 3.05) is 26.8 Å². The Hall–Kier alpha value is -2.06. The van der Waals surface area contributed by atoms with Gasteiger partial charge in [0.25, 0.3) is 5.56 Å². The molecule has 1 aliphatic carbocycles. The summed E-state index contributed by atoms with van der Waals surface area (Å²) in [5.74, 6) is 1.31. The predicted octanol–water partition coefficient (Wildman–Crippen LogP) is 3.16. The largest absolute Gasteiger partial charge is 0.391 e. The van der Waals surface area contributed by atoms with E-state index in [0.29, 0.717) is 44.4 Å². The first-order valence-electron chi connectivity index (χ1n) is 11.0. The Morgan fingerprint density at radius 3 is 2.94 bits per heavy atom. The molecule has 0 radical (unpaired) electrons. The standard InChI is InChI=1S/C24H31N3O3S/c1-16-8-9-19-20(12-16)31-24-22(19)23(29)25-21(26-24)15-27(10-11-30-2)14-18(28)13-17-6-4-3-5-7-17/h3-7,16,18,28H,8-15H2,1-2H3,(H,25,26,29). The van der Waals surface area contributed by atoms with Crippen LogP contribution in [0.1, 0.15) is 35.2 Å². The summed E-state index contributed by atoms with van der Waals surface area (Å²) in [6.45, 7) is 4.43. The van der Waals surface area contributed by atoms with Gasteiger partial charge in [0.05, 0.1) is 24.6 Å². The lowest BCUT2D eigenvalue weighted by molar-refractivity contribution is 0.0837.